The Morgan fingerprint density at radius 1 is 1.04 bits per heavy atom. The highest BCUT2D eigenvalue weighted by Gasteiger charge is 2.08. The van der Waals surface area contributed by atoms with Crippen molar-refractivity contribution < 1.29 is 19.1 Å². The fourth-order valence-electron chi connectivity index (χ4n) is 1.78. The first-order valence-corrected chi connectivity index (χ1v) is 7.03. The minimum absolute atomic E-state index is 0. The van der Waals surface area contributed by atoms with Crippen LogP contribution in [0.15, 0.2) is 18.2 Å². The monoisotopic (exact) mass is 345 g/mol. The van der Waals surface area contributed by atoms with Crippen molar-refractivity contribution in [2.45, 2.75) is 12.8 Å². The summed E-state index contributed by atoms with van der Waals surface area (Å²) in [7, 11) is 4.89. The Kier molecular flexibility index (Phi) is 10.6. The van der Waals surface area contributed by atoms with Gasteiger partial charge in [-0.3, -0.25) is 9.59 Å². The van der Waals surface area contributed by atoms with Gasteiger partial charge in [0.25, 0.3) is 0 Å². The average Bonchev–Trinajstić information content (AvgIpc) is 2.52. The quantitative estimate of drug-likeness (QED) is 0.585. The zero-order valence-corrected chi connectivity index (χ0v) is 14.4. The lowest BCUT2D eigenvalue weighted by atomic mass is 10.2. The van der Waals surface area contributed by atoms with Crippen molar-refractivity contribution in [3.8, 4) is 11.5 Å². The van der Waals surface area contributed by atoms with E-state index in [9.17, 15) is 9.59 Å². The molecule has 0 aliphatic heterocycles. The van der Waals surface area contributed by atoms with Crippen molar-refractivity contribution in [2.24, 2.45) is 0 Å². The van der Waals surface area contributed by atoms with E-state index in [2.05, 4.69) is 16.0 Å². The second-order valence-corrected chi connectivity index (χ2v) is 4.63. The summed E-state index contributed by atoms with van der Waals surface area (Å²) in [6.07, 6.45) is 1.12. The van der Waals surface area contributed by atoms with E-state index in [1.54, 1.807) is 18.2 Å². The number of amides is 2. The normalized spacial score (nSPS) is 9.52. The maximum atomic E-state index is 11.8. The zero-order chi connectivity index (χ0) is 16.4. The van der Waals surface area contributed by atoms with Gasteiger partial charge in [-0.1, -0.05) is 0 Å². The fraction of sp³-hybridized carbons (Fsp3) is 0.467. The first kappa shape index (κ1) is 21.0. The van der Waals surface area contributed by atoms with E-state index in [0.29, 0.717) is 23.6 Å². The fourth-order valence-corrected chi connectivity index (χ4v) is 1.78. The summed E-state index contributed by atoms with van der Waals surface area (Å²) in [5.41, 5.74) is 0.547. The van der Waals surface area contributed by atoms with E-state index in [4.69, 9.17) is 9.47 Å². The molecular weight excluding hydrogens is 322 g/mol. The van der Waals surface area contributed by atoms with Crippen LogP contribution in [0.2, 0.25) is 0 Å². The van der Waals surface area contributed by atoms with Crippen LogP contribution in [-0.4, -0.2) is 46.2 Å². The molecule has 2 amide bonds. The molecule has 1 rings (SSSR count). The van der Waals surface area contributed by atoms with E-state index in [1.165, 1.54) is 14.2 Å². The number of nitrogens with one attached hydrogen (secondary N) is 3. The van der Waals surface area contributed by atoms with E-state index >= 15 is 0 Å². The second-order valence-electron chi connectivity index (χ2n) is 4.63. The minimum Gasteiger partial charge on any atom is -0.497 e. The van der Waals surface area contributed by atoms with Gasteiger partial charge in [-0.15, -0.1) is 12.4 Å². The third-order valence-electron chi connectivity index (χ3n) is 2.91. The maximum absolute atomic E-state index is 11.8. The van der Waals surface area contributed by atoms with Crippen molar-refractivity contribution in [3.05, 3.63) is 18.2 Å². The molecule has 0 atom stereocenters. The lowest BCUT2D eigenvalue weighted by Crippen LogP contribution is -2.33. The van der Waals surface area contributed by atoms with Crippen LogP contribution >= 0.6 is 12.4 Å². The molecule has 1 aromatic carbocycles. The standard InChI is InChI=1S/C15H23N3O4.ClH/c1-16-6-4-5-14(19)17-10-15(20)18-11-7-12(21-2)9-13(8-11)22-3;/h7-9,16H,4-6,10H2,1-3H3,(H,17,19)(H,18,20);1H. The SMILES string of the molecule is CNCCCC(=O)NCC(=O)Nc1cc(OC)cc(OC)c1.Cl. The minimum atomic E-state index is -0.308. The number of methoxy groups -OCH3 is 2. The number of carbonyl (C=O) groups is 2. The molecule has 0 radical (unpaired) electrons. The molecule has 0 saturated carbocycles. The summed E-state index contributed by atoms with van der Waals surface area (Å²) in [5, 5.41) is 8.22. The molecule has 130 valence electrons. The van der Waals surface area contributed by atoms with Gasteiger partial charge in [-0.05, 0) is 20.0 Å². The third kappa shape index (κ3) is 8.27. The van der Waals surface area contributed by atoms with E-state index in [1.807, 2.05) is 7.05 Å². The highest BCUT2D eigenvalue weighted by molar-refractivity contribution is 5.94. The number of hydrogen-bond donors (Lipinski definition) is 3. The third-order valence-corrected chi connectivity index (χ3v) is 2.91. The molecule has 0 fully saturated rings. The number of hydrogen-bond acceptors (Lipinski definition) is 5. The Morgan fingerprint density at radius 3 is 2.17 bits per heavy atom. The van der Waals surface area contributed by atoms with Gasteiger partial charge in [0.05, 0.1) is 20.8 Å². The molecule has 3 N–H and O–H groups in total. The summed E-state index contributed by atoms with van der Waals surface area (Å²) in [6.45, 7) is 0.696. The molecule has 0 unspecified atom stereocenters. The van der Waals surface area contributed by atoms with E-state index in [-0.39, 0.29) is 30.8 Å². The molecule has 0 aliphatic rings. The summed E-state index contributed by atoms with van der Waals surface area (Å²) < 4.78 is 10.3. The molecule has 0 spiro atoms. The molecule has 0 saturated heterocycles. The van der Waals surface area contributed by atoms with Crippen LogP contribution < -0.4 is 25.4 Å². The Labute approximate surface area is 142 Å². The number of ether oxygens (including phenoxy) is 2. The van der Waals surface area contributed by atoms with Crippen LogP contribution in [0, 0.1) is 0 Å². The van der Waals surface area contributed by atoms with Gasteiger partial charge in [0, 0.05) is 30.3 Å². The lowest BCUT2D eigenvalue weighted by Gasteiger charge is -2.10. The van der Waals surface area contributed by atoms with Crippen molar-refractivity contribution in [2.75, 3.05) is 39.7 Å². The van der Waals surface area contributed by atoms with Crippen molar-refractivity contribution in [3.63, 3.8) is 0 Å². The number of anilines is 1. The van der Waals surface area contributed by atoms with Gasteiger partial charge in [0.15, 0.2) is 0 Å². The topological polar surface area (TPSA) is 88.7 Å². The Balaban J connectivity index is 0.00000484. The second kappa shape index (κ2) is 11.6. The molecule has 0 bridgehead atoms. The molecular formula is C15H24ClN3O4. The van der Waals surface area contributed by atoms with Crippen molar-refractivity contribution in [1.82, 2.24) is 10.6 Å². The van der Waals surface area contributed by atoms with Gasteiger partial charge in [0.2, 0.25) is 11.8 Å². The van der Waals surface area contributed by atoms with Crippen LogP contribution in [0.25, 0.3) is 0 Å². The summed E-state index contributed by atoms with van der Waals surface area (Å²) in [6, 6.07) is 5.06. The van der Waals surface area contributed by atoms with Gasteiger partial charge in [-0.2, -0.15) is 0 Å². The van der Waals surface area contributed by atoms with Crippen LogP contribution in [0.4, 0.5) is 5.69 Å². The summed E-state index contributed by atoms with van der Waals surface area (Å²) in [4.78, 5) is 23.3. The molecule has 8 heteroatoms. The van der Waals surface area contributed by atoms with Crippen LogP contribution in [-0.2, 0) is 9.59 Å². The highest BCUT2D eigenvalue weighted by atomic mass is 35.5. The Hall–Kier alpha value is -1.99. The smallest absolute Gasteiger partial charge is 0.243 e. The lowest BCUT2D eigenvalue weighted by molar-refractivity contribution is -0.124. The van der Waals surface area contributed by atoms with Crippen molar-refractivity contribution in [1.29, 1.82) is 0 Å². The largest absolute Gasteiger partial charge is 0.497 e. The Morgan fingerprint density at radius 2 is 1.65 bits per heavy atom. The number of halogens is 1. The van der Waals surface area contributed by atoms with Gasteiger partial charge in [0.1, 0.15) is 11.5 Å². The molecule has 0 aliphatic carbocycles. The summed E-state index contributed by atoms with van der Waals surface area (Å²) in [5.74, 6) is 0.697. The molecule has 0 aromatic heterocycles. The van der Waals surface area contributed by atoms with Crippen LogP contribution in [0.3, 0.4) is 0 Å². The van der Waals surface area contributed by atoms with Crippen molar-refractivity contribution >= 4 is 29.9 Å². The first-order chi connectivity index (χ1) is 10.6. The predicted molar refractivity (Wildman–Crippen MR) is 91.6 cm³/mol. The van der Waals surface area contributed by atoms with E-state index in [0.717, 1.165) is 13.0 Å². The van der Waals surface area contributed by atoms with Gasteiger partial charge < -0.3 is 25.4 Å². The highest BCUT2D eigenvalue weighted by Crippen LogP contribution is 2.25. The van der Waals surface area contributed by atoms with Gasteiger partial charge >= 0.3 is 0 Å². The molecule has 0 heterocycles. The predicted octanol–water partition coefficient (Wildman–Crippen LogP) is 1.18. The summed E-state index contributed by atoms with van der Waals surface area (Å²) >= 11 is 0. The molecule has 1 aromatic rings. The Bertz CT molecular complexity index is 489. The number of rotatable bonds is 9. The van der Waals surface area contributed by atoms with Gasteiger partial charge in [-0.25, -0.2) is 0 Å². The maximum Gasteiger partial charge on any atom is 0.243 e. The van der Waals surface area contributed by atoms with Crippen LogP contribution in [0.5, 0.6) is 11.5 Å². The zero-order valence-electron chi connectivity index (χ0n) is 13.6. The number of carbonyl (C=O) groups excluding carboxylic acids is 2. The van der Waals surface area contributed by atoms with E-state index < -0.39 is 0 Å². The number of benzene rings is 1. The average molecular weight is 346 g/mol. The molecule has 23 heavy (non-hydrogen) atoms. The first-order valence-electron chi connectivity index (χ1n) is 7.03. The molecule has 7 nitrogen and oxygen atoms in total. The van der Waals surface area contributed by atoms with Crippen LogP contribution in [0.1, 0.15) is 12.8 Å².